The van der Waals surface area contributed by atoms with Gasteiger partial charge < -0.3 is 19.8 Å². The molecule has 0 amide bonds. The molecule has 3 aromatic rings. The third kappa shape index (κ3) is 3.21. The highest BCUT2D eigenvalue weighted by Gasteiger charge is 2.22. The van der Waals surface area contributed by atoms with Gasteiger partial charge >= 0.3 is 5.97 Å². The summed E-state index contributed by atoms with van der Waals surface area (Å²) < 4.78 is 12.2. The lowest BCUT2D eigenvalue weighted by Crippen LogP contribution is -2.12. The summed E-state index contributed by atoms with van der Waals surface area (Å²) in [5.41, 5.74) is 9.58. The Morgan fingerprint density at radius 2 is 1.76 bits per heavy atom. The second kappa shape index (κ2) is 7.13. The number of anilines is 1. The SMILES string of the molecule is CCOC(=O)c1c(N)c(-c2ccccc2)cn1-c1ccc(OC)cc1. The summed E-state index contributed by atoms with van der Waals surface area (Å²) in [5, 5.41) is 0. The fourth-order valence-corrected chi connectivity index (χ4v) is 2.72. The van der Waals surface area contributed by atoms with Crippen molar-refractivity contribution in [3.05, 3.63) is 66.5 Å². The number of nitrogen functional groups attached to an aromatic ring is 1. The molecule has 1 heterocycles. The fourth-order valence-electron chi connectivity index (χ4n) is 2.72. The molecule has 0 aliphatic carbocycles. The van der Waals surface area contributed by atoms with E-state index in [9.17, 15) is 4.79 Å². The van der Waals surface area contributed by atoms with Crippen LogP contribution in [0.2, 0.25) is 0 Å². The molecule has 5 nitrogen and oxygen atoms in total. The van der Waals surface area contributed by atoms with Crippen molar-refractivity contribution in [2.45, 2.75) is 6.92 Å². The van der Waals surface area contributed by atoms with Crippen molar-refractivity contribution in [3.8, 4) is 22.6 Å². The van der Waals surface area contributed by atoms with E-state index in [1.165, 1.54) is 0 Å². The van der Waals surface area contributed by atoms with Gasteiger partial charge in [-0.25, -0.2) is 4.79 Å². The van der Waals surface area contributed by atoms with Gasteiger partial charge in [0.05, 0.1) is 19.4 Å². The Hall–Kier alpha value is -3.21. The van der Waals surface area contributed by atoms with E-state index in [1.54, 1.807) is 18.6 Å². The van der Waals surface area contributed by atoms with Gasteiger partial charge in [0.15, 0.2) is 5.69 Å². The van der Waals surface area contributed by atoms with Crippen LogP contribution < -0.4 is 10.5 Å². The molecule has 0 radical (unpaired) electrons. The molecular weight excluding hydrogens is 316 g/mol. The standard InChI is InChI=1S/C20H20N2O3/c1-3-25-20(23)19-18(21)17(14-7-5-4-6-8-14)13-22(19)15-9-11-16(24-2)12-10-15/h4-13H,3,21H2,1-2H3. The van der Waals surface area contributed by atoms with E-state index in [1.807, 2.05) is 60.8 Å². The predicted octanol–water partition coefficient (Wildman–Crippen LogP) is 3.91. The Morgan fingerprint density at radius 1 is 1.08 bits per heavy atom. The summed E-state index contributed by atoms with van der Waals surface area (Å²) in [4.78, 5) is 12.5. The first-order valence-corrected chi connectivity index (χ1v) is 8.03. The first-order valence-electron chi connectivity index (χ1n) is 8.03. The van der Waals surface area contributed by atoms with Crippen molar-refractivity contribution in [1.82, 2.24) is 4.57 Å². The van der Waals surface area contributed by atoms with Crippen LogP contribution in [0.4, 0.5) is 5.69 Å². The molecule has 0 atom stereocenters. The number of benzene rings is 2. The number of carbonyl (C=O) groups is 1. The fraction of sp³-hybridized carbons (Fsp3) is 0.150. The lowest BCUT2D eigenvalue weighted by molar-refractivity contribution is 0.0518. The zero-order valence-electron chi connectivity index (χ0n) is 14.2. The van der Waals surface area contributed by atoms with Gasteiger partial charge in [-0.05, 0) is 36.8 Å². The van der Waals surface area contributed by atoms with E-state index in [-0.39, 0.29) is 6.61 Å². The number of rotatable bonds is 5. The Labute approximate surface area is 146 Å². The molecule has 1 aromatic heterocycles. The van der Waals surface area contributed by atoms with E-state index in [4.69, 9.17) is 15.2 Å². The molecule has 2 aromatic carbocycles. The second-order valence-electron chi connectivity index (χ2n) is 5.46. The molecule has 25 heavy (non-hydrogen) atoms. The lowest BCUT2D eigenvalue weighted by Gasteiger charge is -2.10. The highest BCUT2D eigenvalue weighted by Crippen LogP contribution is 2.33. The predicted molar refractivity (Wildman–Crippen MR) is 98.1 cm³/mol. The summed E-state index contributed by atoms with van der Waals surface area (Å²) in [6.45, 7) is 2.06. The summed E-state index contributed by atoms with van der Waals surface area (Å²) >= 11 is 0. The summed E-state index contributed by atoms with van der Waals surface area (Å²) in [5.74, 6) is 0.294. The number of ether oxygens (including phenoxy) is 2. The van der Waals surface area contributed by atoms with Crippen molar-refractivity contribution in [2.24, 2.45) is 0 Å². The van der Waals surface area contributed by atoms with Crippen LogP contribution in [-0.4, -0.2) is 24.3 Å². The van der Waals surface area contributed by atoms with E-state index in [0.717, 1.165) is 22.6 Å². The van der Waals surface area contributed by atoms with Gasteiger partial charge in [0.25, 0.3) is 0 Å². The maximum Gasteiger partial charge on any atom is 0.357 e. The van der Waals surface area contributed by atoms with Crippen LogP contribution in [0.3, 0.4) is 0 Å². The van der Waals surface area contributed by atoms with E-state index in [2.05, 4.69) is 0 Å². The first kappa shape index (κ1) is 16.6. The molecule has 0 unspecified atom stereocenters. The van der Waals surface area contributed by atoms with Crippen molar-refractivity contribution in [1.29, 1.82) is 0 Å². The molecule has 2 N–H and O–H groups in total. The number of hydrogen-bond acceptors (Lipinski definition) is 4. The Kier molecular flexibility index (Phi) is 4.75. The molecule has 128 valence electrons. The van der Waals surface area contributed by atoms with Crippen LogP contribution in [0.5, 0.6) is 5.75 Å². The summed E-state index contributed by atoms with van der Waals surface area (Å²) in [6, 6.07) is 17.1. The van der Waals surface area contributed by atoms with Crippen LogP contribution in [0.25, 0.3) is 16.8 Å². The van der Waals surface area contributed by atoms with E-state index < -0.39 is 5.97 Å². The maximum atomic E-state index is 12.5. The Morgan fingerprint density at radius 3 is 2.36 bits per heavy atom. The molecule has 0 bridgehead atoms. The highest BCUT2D eigenvalue weighted by molar-refractivity contribution is 5.99. The molecule has 0 spiro atoms. The smallest absolute Gasteiger partial charge is 0.357 e. The summed E-state index contributed by atoms with van der Waals surface area (Å²) in [6.07, 6.45) is 1.86. The third-order valence-electron chi connectivity index (χ3n) is 3.95. The average molecular weight is 336 g/mol. The number of hydrogen-bond donors (Lipinski definition) is 1. The zero-order chi connectivity index (χ0) is 17.8. The van der Waals surface area contributed by atoms with Crippen LogP contribution in [0, 0.1) is 0 Å². The summed E-state index contributed by atoms with van der Waals surface area (Å²) in [7, 11) is 1.61. The van der Waals surface area contributed by atoms with Crippen molar-refractivity contribution in [2.75, 3.05) is 19.5 Å². The van der Waals surface area contributed by atoms with Gasteiger partial charge in [-0.1, -0.05) is 30.3 Å². The minimum atomic E-state index is -0.446. The number of aromatic nitrogens is 1. The van der Waals surface area contributed by atoms with E-state index in [0.29, 0.717) is 11.4 Å². The number of methoxy groups -OCH3 is 1. The monoisotopic (exact) mass is 336 g/mol. The molecule has 0 fully saturated rings. The van der Waals surface area contributed by atoms with Gasteiger partial charge in [-0.3, -0.25) is 0 Å². The van der Waals surface area contributed by atoms with Crippen molar-refractivity contribution < 1.29 is 14.3 Å². The minimum absolute atomic E-state index is 0.284. The molecule has 0 saturated carbocycles. The molecular formula is C20H20N2O3. The molecule has 3 rings (SSSR count). The third-order valence-corrected chi connectivity index (χ3v) is 3.95. The average Bonchev–Trinajstić information content (AvgIpc) is 3.00. The second-order valence-corrected chi connectivity index (χ2v) is 5.46. The minimum Gasteiger partial charge on any atom is -0.497 e. The Bertz CT molecular complexity index is 868. The normalized spacial score (nSPS) is 10.5. The molecule has 0 saturated heterocycles. The van der Waals surface area contributed by atoms with Gasteiger partial charge in [0, 0.05) is 17.4 Å². The van der Waals surface area contributed by atoms with E-state index >= 15 is 0 Å². The van der Waals surface area contributed by atoms with Crippen LogP contribution in [0.15, 0.2) is 60.8 Å². The Balaban J connectivity index is 2.16. The lowest BCUT2D eigenvalue weighted by atomic mass is 10.1. The van der Waals surface area contributed by atoms with Crippen LogP contribution in [-0.2, 0) is 4.74 Å². The van der Waals surface area contributed by atoms with Gasteiger partial charge in [0.1, 0.15) is 5.75 Å². The molecule has 0 aliphatic heterocycles. The zero-order valence-corrected chi connectivity index (χ0v) is 14.2. The van der Waals surface area contributed by atoms with Gasteiger partial charge in [-0.15, -0.1) is 0 Å². The number of carbonyl (C=O) groups excluding carboxylic acids is 1. The number of nitrogens with two attached hydrogens (primary N) is 1. The molecule has 0 aliphatic rings. The first-order chi connectivity index (χ1) is 12.2. The number of nitrogens with zero attached hydrogens (tertiary/aromatic N) is 1. The van der Waals surface area contributed by atoms with Gasteiger partial charge in [-0.2, -0.15) is 0 Å². The number of esters is 1. The van der Waals surface area contributed by atoms with Gasteiger partial charge in [0.2, 0.25) is 0 Å². The van der Waals surface area contributed by atoms with Crippen molar-refractivity contribution in [3.63, 3.8) is 0 Å². The largest absolute Gasteiger partial charge is 0.497 e. The maximum absolute atomic E-state index is 12.5. The van der Waals surface area contributed by atoms with Crippen LogP contribution >= 0.6 is 0 Å². The van der Waals surface area contributed by atoms with Crippen LogP contribution in [0.1, 0.15) is 17.4 Å². The quantitative estimate of drug-likeness (QED) is 0.717. The molecule has 5 heteroatoms. The highest BCUT2D eigenvalue weighted by atomic mass is 16.5. The van der Waals surface area contributed by atoms with Crippen molar-refractivity contribution >= 4 is 11.7 Å². The topological polar surface area (TPSA) is 66.5 Å².